The zero-order valence-corrected chi connectivity index (χ0v) is 17.1. The fourth-order valence-corrected chi connectivity index (χ4v) is 4.39. The summed E-state index contributed by atoms with van der Waals surface area (Å²) in [6.45, 7) is 8.19. The summed E-state index contributed by atoms with van der Waals surface area (Å²) in [5.74, 6) is 0.0689. The van der Waals surface area contributed by atoms with E-state index in [-0.39, 0.29) is 36.4 Å². The summed E-state index contributed by atoms with van der Waals surface area (Å²) in [5, 5.41) is 0. The van der Waals surface area contributed by atoms with Gasteiger partial charge in [-0.25, -0.2) is 0 Å². The molecule has 2 aromatic rings. The van der Waals surface area contributed by atoms with Crippen molar-refractivity contribution in [2.24, 2.45) is 5.92 Å². The van der Waals surface area contributed by atoms with Gasteiger partial charge in [-0.3, -0.25) is 9.59 Å². The summed E-state index contributed by atoms with van der Waals surface area (Å²) in [7, 11) is 0. The molecule has 0 fully saturated rings. The largest absolute Gasteiger partial charge is 0.461 e. The minimum absolute atomic E-state index is 0.0405. The Morgan fingerprint density at radius 1 is 1.11 bits per heavy atom. The first kappa shape index (κ1) is 20.1. The van der Waals surface area contributed by atoms with Crippen molar-refractivity contribution in [3.05, 3.63) is 65.2 Å². The molecule has 0 spiro atoms. The Morgan fingerprint density at radius 3 is 2.46 bits per heavy atom. The maximum absolute atomic E-state index is 12.6. The molecule has 1 aliphatic rings. The van der Waals surface area contributed by atoms with Crippen LogP contribution in [0.2, 0.25) is 0 Å². The number of aryl methyl sites for hydroxylation is 1. The van der Waals surface area contributed by atoms with Gasteiger partial charge in [0.1, 0.15) is 6.61 Å². The topological polar surface area (TPSA) is 46.6 Å². The van der Waals surface area contributed by atoms with Gasteiger partial charge in [-0.1, -0.05) is 61.9 Å². The predicted molar refractivity (Wildman–Crippen MR) is 111 cm³/mol. The van der Waals surface area contributed by atoms with E-state index in [0.29, 0.717) is 6.42 Å². The number of amides is 1. The van der Waals surface area contributed by atoms with E-state index in [1.807, 2.05) is 54.3 Å². The number of rotatable bonds is 5. The second-order valence-corrected chi connectivity index (χ2v) is 7.74. The van der Waals surface area contributed by atoms with E-state index in [1.165, 1.54) is 0 Å². The lowest BCUT2D eigenvalue weighted by Crippen LogP contribution is -2.48. The van der Waals surface area contributed by atoms with E-state index in [2.05, 4.69) is 19.9 Å². The summed E-state index contributed by atoms with van der Waals surface area (Å²) in [5.41, 5.74) is 4.12. The Kier molecular flexibility index (Phi) is 6.18. The first-order chi connectivity index (χ1) is 13.4. The SMILES string of the molecule is CC[C@H]1C(C)C(CC(=O)OCc2ccccc2)c2cc(C)ccc2N1C(C)=O. The van der Waals surface area contributed by atoms with Crippen molar-refractivity contribution >= 4 is 17.6 Å². The van der Waals surface area contributed by atoms with Crippen LogP contribution in [0.5, 0.6) is 0 Å². The normalized spacial score (nSPS) is 21.1. The van der Waals surface area contributed by atoms with Gasteiger partial charge in [0.25, 0.3) is 0 Å². The van der Waals surface area contributed by atoms with Crippen LogP contribution in [0.15, 0.2) is 48.5 Å². The fraction of sp³-hybridized carbons (Fsp3) is 0.417. The Balaban J connectivity index is 1.84. The van der Waals surface area contributed by atoms with E-state index in [1.54, 1.807) is 6.92 Å². The molecule has 1 amide bonds. The zero-order chi connectivity index (χ0) is 20.3. The van der Waals surface area contributed by atoms with Crippen LogP contribution in [0, 0.1) is 12.8 Å². The average molecular weight is 380 g/mol. The first-order valence-corrected chi connectivity index (χ1v) is 10.0. The number of hydrogen-bond donors (Lipinski definition) is 0. The molecule has 0 bridgehead atoms. The molecule has 3 atom stereocenters. The minimum atomic E-state index is -0.195. The third kappa shape index (κ3) is 4.11. The summed E-state index contributed by atoms with van der Waals surface area (Å²) in [4.78, 5) is 26.9. The molecule has 0 aliphatic carbocycles. The van der Waals surface area contributed by atoms with Gasteiger partial charge in [-0.2, -0.15) is 0 Å². The fourth-order valence-electron chi connectivity index (χ4n) is 4.39. The van der Waals surface area contributed by atoms with Crippen LogP contribution in [0.25, 0.3) is 0 Å². The number of fused-ring (bicyclic) bond motifs is 1. The summed E-state index contributed by atoms with van der Waals surface area (Å²) in [6, 6.07) is 16.0. The Morgan fingerprint density at radius 2 is 1.82 bits per heavy atom. The molecule has 148 valence electrons. The molecule has 4 nitrogen and oxygen atoms in total. The summed E-state index contributed by atoms with van der Waals surface area (Å²) >= 11 is 0. The van der Waals surface area contributed by atoms with Crippen LogP contribution in [-0.4, -0.2) is 17.9 Å². The van der Waals surface area contributed by atoms with Crippen molar-refractivity contribution < 1.29 is 14.3 Å². The van der Waals surface area contributed by atoms with Gasteiger partial charge in [-0.05, 0) is 36.5 Å². The van der Waals surface area contributed by atoms with E-state index in [4.69, 9.17) is 4.74 Å². The Bertz CT molecular complexity index is 846. The molecule has 2 aromatic carbocycles. The van der Waals surface area contributed by atoms with Gasteiger partial charge in [0, 0.05) is 24.6 Å². The zero-order valence-electron chi connectivity index (χ0n) is 17.1. The maximum Gasteiger partial charge on any atom is 0.306 e. The van der Waals surface area contributed by atoms with Crippen LogP contribution in [-0.2, 0) is 20.9 Å². The van der Waals surface area contributed by atoms with Crippen LogP contribution in [0.1, 0.15) is 56.2 Å². The molecule has 4 heteroatoms. The highest BCUT2D eigenvalue weighted by molar-refractivity contribution is 5.94. The molecule has 3 rings (SSSR count). The lowest BCUT2D eigenvalue weighted by molar-refractivity contribution is -0.145. The number of benzene rings is 2. The van der Waals surface area contributed by atoms with Gasteiger partial charge < -0.3 is 9.64 Å². The number of carbonyl (C=O) groups excluding carboxylic acids is 2. The average Bonchev–Trinajstić information content (AvgIpc) is 2.68. The molecule has 28 heavy (non-hydrogen) atoms. The highest BCUT2D eigenvalue weighted by Gasteiger charge is 2.40. The van der Waals surface area contributed by atoms with Crippen molar-refractivity contribution in [2.45, 2.75) is 59.1 Å². The lowest BCUT2D eigenvalue weighted by atomic mass is 9.74. The number of nitrogens with zero attached hydrogens (tertiary/aromatic N) is 1. The molecule has 0 N–H and O–H groups in total. The quantitative estimate of drug-likeness (QED) is 0.687. The molecule has 0 saturated carbocycles. The third-order valence-corrected chi connectivity index (χ3v) is 5.80. The number of hydrogen-bond acceptors (Lipinski definition) is 3. The summed E-state index contributed by atoms with van der Waals surface area (Å²) < 4.78 is 5.55. The van der Waals surface area contributed by atoms with Gasteiger partial charge in [0.2, 0.25) is 5.91 Å². The number of anilines is 1. The second kappa shape index (κ2) is 8.59. The second-order valence-electron chi connectivity index (χ2n) is 7.74. The lowest BCUT2D eigenvalue weighted by Gasteiger charge is -2.45. The molecule has 1 aliphatic heterocycles. The van der Waals surface area contributed by atoms with Crippen molar-refractivity contribution in [1.82, 2.24) is 0 Å². The van der Waals surface area contributed by atoms with E-state index in [0.717, 1.165) is 28.8 Å². The maximum atomic E-state index is 12.6. The standard InChI is InChI=1S/C24H29NO3/c1-5-22-17(3)20(14-24(27)28-15-19-9-7-6-8-10-19)21-13-16(2)11-12-23(21)25(22)18(4)26/h6-13,17,20,22H,5,14-15H2,1-4H3/t17?,20?,22-/m0/s1. The number of esters is 1. The number of ether oxygens (including phenoxy) is 1. The summed E-state index contributed by atoms with van der Waals surface area (Å²) in [6.07, 6.45) is 1.18. The number of carbonyl (C=O) groups is 2. The van der Waals surface area contributed by atoms with E-state index in [9.17, 15) is 9.59 Å². The van der Waals surface area contributed by atoms with Crippen LogP contribution >= 0.6 is 0 Å². The highest BCUT2D eigenvalue weighted by atomic mass is 16.5. The molecule has 2 unspecified atom stereocenters. The highest BCUT2D eigenvalue weighted by Crippen LogP contribution is 2.45. The third-order valence-electron chi connectivity index (χ3n) is 5.80. The smallest absolute Gasteiger partial charge is 0.306 e. The Labute approximate surface area is 167 Å². The molecule has 0 aromatic heterocycles. The first-order valence-electron chi connectivity index (χ1n) is 10.0. The van der Waals surface area contributed by atoms with Crippen LogP contribution < -0.4 is 4.90 Å². The van der Waals surface area contributed by atoms with Gasteiger partial charge in [0.15, 0.2) is 0 Å². The molecular formula is C24H29NO3. The van der Waals surface area contributed by atoms with Gasteiger partial charge >= 0.3 is 5.97 Å². The van der Waals surface area contributed by atoms with Crippen LogP contribution in [0.3, 0.4) is 0 Å². The van der Waals surface area contributed by atoms with Crippen molar-refractivity contribution in [1.29, 1.82) is 0 Å². The minimum Gasteiger partial charge on any atom is -0.461 e. The van der Waals surface area contributed by atoms with Crippen molar-refractivity contribution in [3.63, 3.8) is 0 Å². The van der Waals surface area contributed by atoms with E-state index < -0.39 is 0 Å². The molecule has 0 saturated heterocycles. The van der Waals surface area contributed by atoms with E-state index >= 15 is 0 Å². The van der Waals surface area contributed by atoms with Gasteiger partial charge in [-0.15, -0.1) is 0 Å². The Hall–Kier alpha value is -2.62. The molecule has 1 heterocycles. The monoisotopic (exact) mass is 379 g/mol. The van der Waals surface area contributed by atoms with Crippen molar-refractivity contribution in [2.75, 3.05) is 4.90 Å². The van der Waals surface area contributed by atoms with Crippen LogP contribution in [0.4, 0.5) is 5.69 Å². The van der Waals surface area contributed by atoms with Crippen molar-refractivity contribution in [3.8, 4) is 0 Å². The predicted octanol–water partition coefficient (Wildman–Crippen LogP) is 4.99. The molecule has 0 radical (unpaired) electrons. The molecular weight excluding hydrogens is 350 g/mol. The van der Waals surface area contributed by atoms with Gasteiger partial charge in [0.05, 0.1) is 6.42 Å².